The van der Waals surface area contributed by atoms with Crippen LogP contribution in [0, 0.1) is 11.3 Å². The minimum atomic E-state index is 0.384. The number of hydrogen-bond donors (Lipinski definition) is 0. The largest absolute Gasteiger partial charge is 0.441 e. The van der Waals surface area contributed by atoms with Crippen molar-refractivity contribution in [1.29, 1.82) is 5.26 Å². The van der Waals surface area contributed by atoms with Gasteiger partial charge >= 0.3 is 0 Å². The lowest BCUT2D eigenvalue weighted by Crippen LogP contribution is -2.12. The summed E-state index contributed by atoms with van der Waals surface area (Å²) < 4.78 is 6.00. The first-order valence-electron chi connectivity index (χ1n) is 7.73. The second kappa shape index (κ2) is 5.69. The van der Waals surface area contributed by atoms with Crippen LogP contribution in [0.5, 0.6) is 0 Å². The second-order valence-corrected chi connectivity index (χ2v) is 5.78. The molecule has 2 heterocycles. The molecule has 1 aliphatic rings. The molecule has 0 fully saturated rings. The molecular weight excluding hydrogens is 286 g/mol. The number of pyridine rings is 1. The molecule has 2 aromatic heterocycles. The standard InChI is InChI=1S/C19H15N3O/c20-12-13-4-3-5-15(10-13)19-22-17-8-7-14(11-18(17)23-19)16-6-1-2-9-21-16/h1-6,9-10,14H,7-8,11H2. The smallest absolute Gasteiger partial charge is 0.226 e. The van der Waals surface area contributed by atoms with Gasteiger partial charge in [-0.25, -0.2) is 4.98 Å². The average Bonchev–Trinajstić information content (AvgIpc) is 3.06. The van der Waals surface area contributed by atoms with Gasteiger partial charge in [0.15, 0.2) is 0 Å². The van der Waals surface area contributed by atoms with Crippen LogP contribution >= 0.6 is 0 Å². The SMILES string of the molecule is N#Cc1cccc(-c2nc3c(o2)CC(c2ccccn2)CC3)c1. The Morgan fingerprint density at radius 1 is 1.17 bits per heavy atom. The van der Waals surface area contributed by atoms with E-state index in [0.717, 1.165) is 42.0 Å². The van der Waals surface area contributed by atoms with Crippen molar-refractivity contribution in [2.24, 2.45) is 0 Å². The molecule has 1 aromatic carbocycles. The number of aromatic nitrogens is 2. The lowest BCUT2D eigenvalue weighted by Gasteiger charge is -2.19. The summed E-state index contributed by atoms with van der Waals surface area (Å²) in [6.45, 7) is 0. The molecule has 0 saturated heterocycles. The van der Waals surface area contributed by atoms with E-state index in [2.05, 4.69) is 22.1 Å². The maximum Gasteiger partial charge on any atom is 0.226 e. The molecule has 0 N–H and O–H groups in total. The molecule has 0 spiro atoms. The number of fused-ring (bicyclic) bond motifs is 1. The molecule has 4 heteroatoms. The highest BCUT2D eigenvalue weighted by molar-refractivity contribution is 5.57. The summed E-state index contributed by atoms with van der Waals surface area (Å²) >= 11 is 0. The molecule has 0 saturated carbocycles. The summed E-state index contributed by atoms with van der Waals surface area (Å²) in [5, 5.41) is 9.02. The molecule has 4 nitrogen and oxygen atoms in total. The van der Waals surface area contributed by atoms with Crippen molar-refractivity contribution in [2.75, 3.05) is 0 Å². The van der Waals surface area contributed by atoms with E-state index < -0.39 is 0 Å². The Balaban J connectivity index is 1.64. The fourth-order valence-electron chi connectivity index (χ4n) is 3.09. The maximum atomic E-state index is 9.02. The Kier molecular flexibility index (Phi) is 3.39. The number of rotatable bonds is 2. The van der Waals surface area contributed by atoms with E-state index in [1.54, 1.807) is 6.07 Å². The zero-order valence-corrected chi connectivity index (χ0v) is 12.6. The van der Waals surface area contributed by atoms with Crippen LogP contribution in [-0.2, 0) is 12.8 Å². The van der Waals surface area contributed by atoms with Crippen molar-refractivity contribution in [3.05, 3.63) is 71.4 Å². The molecule has 0 radical (unpaired) electrons. The minimum absolute atomic E-state index is 0.384. The zero-order valence-electron chi connectivity index (χ0n) is 12.6. The van der Waals surface area contributed by atoms with Crippen LogP contribution in [0.4, 0.5) is 0 Å². The van der Waals surface area contributed by atoms with E-state index in [0.29, 0.717) is 17.4 Å². The predicted molar refractivity (Wildman–Crippen MR) is 85.7 cm³/mol. The third kappa shape index (κ3) is 2.62. The van der Waals surface area contributed by atoms with Crippen molar-refractivity contribution < 1.29 is 4.42 Å². The topological polar surface area (TPSA) is 62.7 Å². The highest BCUT2D eigenvalue weighted by atomic mass is 16.4. The molecule has 4 rings (SSSR count). The lowest BCUT2D eigenvalue weighted by molar-refractivity contribution is 0.454. The summed E-state index contributed by atoms with van der Waals surface area (Å²) in [6.07, 6.45) is 4.60. The summed E-state index contributed by atoms with van der Waals surface area (Å²) in [7, 11) is 0. The quantitative estimate of drug-likeness (QED) is 0.720. The van der Waals surface area contributed by atoms with E-state index in [-0.39, 0.29) is 0 Å². The van der Waals surface area contributed by atoms with E-state index in [1.165, 1.54) is 0 Å². The highest BCUT2D eigenvalue weighted by Gasteiger charge is 2.26. The summed E-state index contributed by atoms with van der Waals surface area (Å²) in [4.78, 5) is 9.09. The first-order valence-corrected chi connectivity index (χ1v) is 7.73. The van der Waals surface area contributed by atoms with Crippen LogP contribution in [0.15, 0.2) is 53.1 Å². The molecular formula is C19H15N3O. The van der Waals surface area contributed by atoms with Gasteiger partial charge in [0.05, 0.1) is 17.3 Å². The Hall–Kier alpha value is -2.93. The van der Waals surface area contributed by atoms with Gasteiger partial charge in [0, 0.05) is 29.8 Å². The van der Waals surface area contributed by atoms with Crippen molar-refractivity contribution in [3.8, 4) is 17.5 Å². The Morgan fingerprint density at radius 3 is 2.96 bits per heavy atom. The van der Waals surface area contributed by atoms with Gasteiger partial charge in [0.2, 0.25) is 5.89 Å². The van der Waals surface area contributed by atoms with Crippen molar-refractivity contribution in [1.82, 2.24) is 9.97 Å². The van der Waals surface area contributed by atoms with Gasteiger partial charge < -0.3 is 4.42 Å². The average molecular weight is 301 g/mol. The fourth-order valence-corrected chi connectivity index (χ4v) is 3.09. The van der Waals surface area contributed by atoms with Crippen LogP contribution in [0.25, 0.3) is 11.5 Å². The van der Waals surface area contributed by atoms with Gasteiger partial charge in [-0.3, -0.25) is 4.98 Å². The molecule has 3 aromatic rings. The molecule has 0 bridgehead atoms. The van der Waals surface area contributed by atoms with Gasteiger partial charge in [-0.05, 0) is 43.2 Å². The van der Waals surface area contributed by atoms with Crippen molar-refractivity contribution >= 4 is 0 Å². The van der Waals surface area contributed by atoms with Crippen LogP contribution in [-0.4, -0.2) is 9.97 Å². The molecule has 1 aliphatic carbocycles. The van der Waals surface area contributed by atoms with Crippen molar-refractivity contribution in [3.63, 3.8) is 0 Å². The third-order valence-corrected chi connectivity index (χ3v) is 4.28. The lowest BCUT2D eigenvalue weighted by atomic mass is 9.88. The number of aryl methyl sites for hydroxylation is 1. The maximum absolute atomic E-state index is 9.02. The minimum Gasteiger partial charge on any atom is -0.441 e. The zero-order chi connectivity index (χ0) is 15.6. The molecule has 0 aliphatic heterocycles. The van der Waals surface area contributed by atoms with Crippen LogP contribution in [0.3, 0.4) is 0 Å². The van der Waals surface area contributed by atoms with Gasteiger partial charge in [-0.2, -0.15) is 5.26 Å². The first-order chi connectivity index (χ1) is 11.3. The van der Waals surface area contributed by atoms with Gasteiger partial charge in [0.25, 0.3) is 0 Å². The highest BCUT2D eigenvalue weighted by Crippen LogP contribution is 2.34. The van der Waals surface area contributed by atoms with E-state index in [4.69, 9.17) is 9.68 Å². The summed E-state index contributed by atoms with van der Waals surface area (Å²) in [5.74, 6) is 1.94. The van der Waals surface area contributed by atoms with E-state index in [9.17, 15) is 0 Å². The first kappa shape index (κ1) is 13.7. The molecule has 1 unspecified atom stereocenters. The monoisotopic (exact) mass is 301 g/mol. The second-order valence-electron chi connectivity index (χ2n) is 5.78. The Bertz CT molecular complexity index is 877. The van der Waals surface area contributed by atoms with Gasteiger partial charge in [0.1, 0.15) is 5.76 Å². The molecule has 23 heavy (non-hydrogen) atoms. The number of benzene rings is 1. The molecule has 0 amide bonds. The fraction of sp³-hybridized carbons (Fsp3) is 0.211. The summed E-state index contributed by atoms with van der Waals surface area (Å²) in [5.41, 5.74) is 3.62. The number of oxazole rings is 1. The third-order valence-electron chi connectivity index (χ3n) is 4.28. The van der Waals surface area contributed by atoms with Crippen LogP contribution < -0.4 is 0 Å². The van der Waals surface area contributed by atoms with E-state index >= 15 is 0 Å². The molecule has 112 valence electrons. The Morgan fingerprint density at radius 2 is 2.13 bits per heavy atom. The van der Waals surface area contributed by atoms with Gasteiger partial charge in [-0.1, -0.05) is 12.1 Å². The van der Waals surface area contributed by atoms with Crippen molar-refractivity contribution in [2.45, 2.75) is 25.2 Å². The van der Waals surface area contributed by atoms with Crippen LogP contribution in [0.1, 0.15) is 35.1 Å². The van der Waals surface area contributed by atoms with Gasteiger partial charge in [-0.15, -0.1) is 0 Å². The van der Waals surface area contributed by atoms with E-state index in [1.807, 2.05) is 36.5 Å². The number of nitrogens with zero attached hydrogens (tertiary/aromatic N) is 3. The van der Waals surface area contributed by atoms with Crippen LogP contribution in [0.2, 0.25) is 0 Å². The molecule has 1 atom stereocenters. The Labute approximate surface area is 134 Å². The summed E-state index contributed by atoms with van der Waals surface area (Å²) in [6, 6.07) is 15.6. The number of hydrogen-bond acceptors (Lipinski definition) is 4. The number of nitriles is 1. The predicted octanol–water partition coefficient (Wildman–Crippen LogP) is 3.88. The normalized spacial score (nSPS) is 16.6.